The van der Waals surface area contributed by atoms with Crippen LogP contribution in [0.5, 0.6) is 0 Å². The van der Waals surface area contributed by atoms with Crippen molar-refractivity contribution in [3.8, 4) is 11.3 Å². The molecule has 1 N–H and O–H groups in total. The Labute approximate surface area is 151 Å². The van der Waals surface area contributed by atoms with Crippen molar-refractivity contribution in [3.05, 3.63) is 54.6 Å². The van der Waals surface area contributed by atoms with Crippen LogP contribution in [-0.4, -0.2) is 43.5 Å². The van der Waals surface area contributed by atoms with Gasteiger partial charge in [0.15, 0.2) is 5.65 Å². The number of nitrogens with one attached hydrogen (secondary N) is 1. The molecule has 0 spiro atoms. The van der Waals surface area contributed by atoms with Gasteiger partial charge in [-0.3, -0.25) is 9.78 Å². The zero-order valence-corrected chi connectivity index (χ0v) is 14.9. The number of aryl methyl sites for hydroxylation is 2. The minimum Gasteiger partial charge on any atom is -0.359 e. The quantitative estimate of drug-likeness (QED) is 0.580. The molecule has 3 aromatic heterocycles. The van der Waals surface area contributed by atoms with Gasteiger partial charge in [0.05, 0.1) is 17.3 Å². The molecule has 4 aromatic rings. The maximum Gasteiger partial charge on any atom is 0.163 e. The van der Waals surface area contributed by atoms with E-state index in [4.69, 9.17) is 0 Å². The van der Waals surface area contributed by atoms with Gasteiger partial charge in [0.1, 0.15) is 12.1 Å². The Morgan fingerprint density at radius 3 is 2.85 bits per heavy atom. The van der Waals surface area contributed by atoms with Gasteiger partial charge in [-0.15, -0.1) is 0 Å². The fourth-order valence-corrected chi connectivity index (χ4v) is 3.11. The number of H-pyrrole nitrogens is 1. The molecule has 7 heteroatoms. The summed E-state index contributed by atoms with van der Waals surface area (Å²) in [5.41, 5.74) is 4.11. The van der Waals surface area contributed by atoms with E-state index in [0.717, 1.165) is 53.2 Å². The predicted octanol–water partition coefficient (Wildman–Crippen LogP) is 2.82. The largest absolute Gasteiger partial charge is 0.359 e. The average Bonchev–Trinajstić information content (AvgIpc) is 3.30. The van der Waals surface area contributed by atoms with Gasteiger partial charge in [0, 0.05) is 31.9 Å². The van der Waals surface area contributed by atoms with E-state index in [-0.39, 0.29) is 0 Å². The van der Waals surface area contributed by atoms with Crippen molar-refractivity contribution in [1.82, 2.24) is 29.9 Å². The highest BCUT2D eigenvalue weighted by atomic mass is 15.3. The van der Waals surface area contributed by atoms with Crippen molar-refractivity contribution < 1.29 is 0 Å². The summed E-state index contributed by atoms with van der Waals surface area (Å²) in [6.45, 7) is 0.890. The van der Waals surface area contributed by atoms with Gasteiger partial charge in [-0.25, -0.2) is 9.97 Å². The minimum atomic E-state index is 0.850. The van der Waals surface area contributed by atoms with Crippen LogP contribution in [0.15, 0.2) is 48.9 Å². The van der Waals surface area contributed by atoms with Crippen LogP contribution in [-0.2, 0) is 13.5 Å². The number of benzene rings is 1. The first-order valence-electron chi connectivity index (χ1n) is 8.66. The fraction of sp³-hybridized carbons (Fsp3) is 0.263. The minimum absolute atomic E-state index is 0.850. The lowest BCUT2D eigenvalue weighted by atomic mass is 10.1. The number of rotatable bonds is 6. The molecule has 1 aromatic carbocycles. The molecular weight excluding hydrogens is 326 g/mol. The molecule has 4 rings (SSSR count). The summed E-state index contributed by atoms with van der Waals surface area (Å²) in [6.07, 6.45) is 5.35. The van der Waals surface area contributed by atoms with Crippen LogP contribution in [0.25, 0.3) is 22.3 Å². The van der Waals surface area contributed by atoms with E-state index >= 15 is 0 Å². The molecule has 0 bridgehead atoms. The smallest absolute Gasteiger partial charge is 0.163 e. The van der Waals surface area contributed by atoms with Gasteiger partial charge in [0.25, 0.3) is 0 Å². The van der Waals surface area contributed by atoms with Gasteiger partial charge in [-0.05, 0) is 18.9 Å². The molecule has 0 aliphatic carbocycles. The van der Waals surface area contributed by atoms with Crippen molar-refractivity contribution >= 4 is 16.9 Å². The van der Waals surface area contributed by atoms with E-state index in [2.05, 4.69) is 55.4 Å². The van der Waals surface area contributed by atoms with Gasteiger partial charge in [-0.2, -0.15) is 10.2 Å². The van der Waals surface area contributed by atoms with E-state index in [0.29, 0.717) is 0 Å². The van der Waals surface area contributed by atoms with Gasteiger partial charge < -0.3 is 4.90 Å². The molecule has 7 nitrogen and oxygen atoms in total. The summed E-state index contributed by atoms with van der Waals surface area (Å²) in [6, 6.07) is 12.3. The molecule has 0 saturated carbocycles. The lowest BCUT2D eigenvalue weighted by molar-refractivity contribution is 0.760. The number of anilines is 1. The maximum absolute atomic E-state index is 4.43. The van der Waals surface area contributed by atoms with E-state index < -0.39 is 0 Å². The third-order valence-electron chi connectivity index (χ3n) is 4.51. The second-order valence-electron chi connectivity index (χ2n) is 6.37. The number of hydrogen-bond donors (Lipinski definition) is 1. The number of aromatic nitrogens is 6. The molecule has 132 valence electrons. The Bertz CT molecular complexity index is 1000. The molecule has 0 aliphatic rings. The van der Waals surface area contributed by atoms with E-state index in [1.165, 1.54) is 0 Å². The van der Waals surface area contributed by atoms with E-state index in [1.807, 2.05) is 31.4 Å². The highest BCUT2D eigenvalue weighted by molar-refractivity contribution is 5.86. The van der Waals surface area contributed by atoms with Crippen molar-refractivity contribution in [1.29, 1.82) is 0 Å². The van der Waals surface area contributed by atoms with Crippen molar-refractivity contribution in [3.63, 3.8) is 0 Å². The first-order valence-corrected chi connectivity index (χ1v) is 8.66. The Morgan fingerprint density at radius 1 is 1.15 bits per heavy atom. The van der Waals surface area contributed by atoms with E-state index in [1.54, 1.807) is 11.0 Å². The summed E-state index contributed by atoms with van der Waals surface area (Å²) >= 11 is 0. The van der Waals surface area contributed by atoms with Gasteiger partial charge >= 0.3 is 0 Å². The molecule has 3 heterocycles. The molecule has 0 aliphatic heterocycles. The van der Waals surface area contributed by atoms with Crippen LogP contribution < -0.4 is 4.90 Å². The fourth-order valence-electron chi connectivity index (χ4n) is 3.11. The number of nitrogens with zero attached hydrogens (tertiary/aromatic N) is 6. The molecule has 0 amide bonds. The second kappa shape index (κ2) is 6.95. The lowest BCUT2D eigenvalue weighted by Crippen LogP contribution is -2.20. The summed E-state index contributed by atoms with van der Waals surface area (Å²) < 4.78 is 1.77. The number of hydrogen-bond acceptors (Lipinski definition) is 5. The summed E-state index contributed by atoms with van der Waals surface area (Å²) in [4.78, 5) is 10.9. The van der Waals surface area contributed by atoms with Crippen LogP contribution in [0.3, 0.4) is 0 Å². The maximum atomic E-state index is 4.43. The van der Waals surface area contributed by atoms with Crippen molar-refractivity contribution in [2.24, 2.45) is 7.05 Å². The highest BCUT2D eigenvalue weighted by Gasteiger charge is 2.12. The molecule has 0 radical (unpaired) electrons. The van der Waals surface area contributed by atoms with Crippen LogP contribution >= 0.6 is 0 Å². The first-order chi connectivity index (χ1) is 12.7. The van der Waals surface area contributed by atoms with E-state index in [9.17, 15) is 0 Å². The number of fused-ring (bicyclic) bond motifs is 1. The average molecular weight is 347 g/mol. The Balaban J connectivity index is 1.39. The normalized spacial score (nSPS) is 11.2. The Kier molecular flexibility index (Phi) is 4.35. The summed E-state index contributed by atoms with van der Waals surface area (Å²) in [5.74, 6) is 0.915. The molecular formula is C19H21N7. The third-order valence-corrected chi connectivity index (χ3v) is 4.51. The molecule has 0 atom stereocenters. The molecule has 0 unspecified atom stereocenters. The zero-order valence-electron chi connectivity index (χ0n) is 14.9. The first kappa shape index (κ1) is 16.3. The van der Waals surface area contributed by atoms with Crippen LogP contribution in [0.2, 0.25) is 0 Å². The van der Waals surface area contributed by atoms with Crippen LogP contribution in [0.4, 0.5) is 5.82 Å². The standard InChI is InChI=1S/C19H21N7/c1-25(18-16-12-22-26(2)19(16)21-13-20-18)10-6-9-15-11-17(24-23-15)14-7-4-3-5-8-14/h3-5,7-8,11-13H,6,9-10H2,1-2H3,(H,23,24). The Hall–Kier alpha value is -3.22. The highest BCUT2D eigenvalue weighted by Crippen LogP contribution is 2.22. The van der Waals surface area contributed by atoms with Crippen LogP contribution in [0.1, 0.15) is 12.1 Å². The molecule has 26 heavy (non-hydrogen) atoms. The van der Waals surface area contributed by atoms with Crippen LogP contribution in [0, 0.1) is 0 Å². The van der Waals surface area contributed by atoms with Gasteiger partial charge in [0.2, 0.25) is 0 Å². The zero-order chi connectivity index (χ0) is 17.9. The van der Waals surface area contributed by atoms with Crippen molar-refractivity contribution in [2.75, 3.05) is 18.5 Å². The SMILES string of the molecule is CN(CCCc1cc(-c2ccccc2)n[nH]1)c1ncnc2c1cnn2C. The number of aromatic amines is 1. The molecule has 0 saturated heterocycles. The molecule has 0 fully saturated rings. The van der Waals surface area contributed by atoms with Crippen molar-refractivity contribution in [2.45, 2.75) is 12.8 Å². The Morgan fingerprint density at radius 2 is 2.00 bits per heavy atom. The predicted molar refractivity (Wildman–Crippen MR) is 102 cm³/mol. The second-order valence-corrected chi connectivity index (χ2v) is 6.37. The van der Waals surface area contributed by atoms with Gasteiger partial charge in [-0.1, -0.05) is 30.3 Å². The monoisotopic (exact) mass is 347 g/mol. The summed E-state index contributed by atoms with van der Waals surface area (Å²) in [7, 11) is 3.94. The topological polar surface area (TPSA) is 75.5 Å². The third kappa shape index (κ3) is 3.15. The summed E-state index contributed by atoms with van der Waals surface area (Å²) in [5, 5.41) is 12.8. The lowest BCUT2D eigenvalue weighted by Gasteiger charge is -2.18.